The van der Waals surface area contributed by atoms with Crippen molar-refractivity contribution in [1.29, 1.82) is 0 Å². The van der Waals surface area contributed by atoms with E-state index in [4.69, 9.17) is 0 Å². The molecule has 1 aromatic rings. The van der Waals surface area contributed by atoms with Gasteiger partial charge in [0.25, 0.3) is 0 Å². The molecule has 0 aliphatic rings. The maximum Gasteiger partial charge on any atom is 0.125 e. The van der Waals surface area contributed by atoms with E-state index in [1.54, 1.807) is 0 Å². The summed E-state index contributed by atoms with van der Waals surface area (Å²) in [5.74, 6) is 0.999. The normalized spacial score (nSPS) is 10.4. The van der Waals surface area contributed by atoms with Gasteiger partial charge >= 0.3 is 0 Å². The van der Waals surface area contributed by atoms with Crippen LogP contribution in [0.1, 0.15) is 51.0 Å². The first-order valence-corrected chi connectivity index (χ1v) is 6.49. The van der Waals surface area contributed by atoms with E-state index < -0.39 is 0 Å². The monoisotopic (exact) mass is 220 g/mol. The number of hydrogen-bond acceptors (Lipinski definition) is 2. The van der Waals surface area contributed by atoms with Crippen LogP contribution in [-0.4, -0.2) is 11.5 Å². The van der Waals surface area contributed by atoms with Crippen LogP contribution in [0.25, 0.3) is 0 Å². The summed E-state index contributed by atoms with van der Waals surface area (Å²) in [5, 5.41) is 3.35. The molecule has 0 bridgehead atoms. The summed E-state index contributed by atoms with van der Waals surface area (Å²) >= 11 is 0. The van der Waals surface area contributed by atoms with Crippen molar-refractivity contribution in [3.05, 3.63) is 23.9 Å². The molecule has 0 atom stereocenters. The number of nitrogens with one attached hydrogen (secondary N) is 1. The molecule has 1 N–H and O–H groups in total. The van der Waals surface area contributed by atoms with E-state index >= 15 is 0 Å². The van der Waals surface area contributed by atoms with Gasteiger partial charge in [-0.25, -0.2) is 4.98 Å². The number of pyridine rings is 1. The number of hydrogen-bond donors (Lipinski definition) is 1. The van der Waals surface area contributed by atoms with Crippen LogP contribution in [0.4, 0.5) is 5.82 Å². The Morgan fingerprint density at radius 3 is 2.50 bits per heavy atom. The molecule has 0 aromatic carbocycles. The molecule has 16 heavy (non-hydrogen) atoms. The second kappa shape index (κ2) is 8.14. The molecule has 0 saturated carbocycles. The summed E-state index contributed by atoms with van der Waals surface area (Å²) in [4.78, 5) is 4.31. The predicted octanol–water partition coefficient (Wildman–Crippen LogP) is 4.16. The second-order valence-corrected chi connectivity index (χ2v) is 4.42. The minimum Gasteiger partial charge on any atom is -0.370 e. The van der Waals surface area contributed by atoms with Gasteiger partial charge < -0.3 is 5.32 Å². The van der Waals surface area contributed by atoms with Gasteiger partial charge in [0, 0.05) is 12.7 Å². The van der Waals surface area contributed by atoms with E-state index in [2.05, 4.69) is 30.2 Å². The van der Waals surface area contributed by atoms with Crippen molar-refractivity contribution >= 4 is 5.82 Å². The summed E-state index contributed by atoms with van der Waals surface area (Å²) in [6, 6.07) is 4.14. The standard InChI is InChI=1S/C14H24N2/c1-3-4-5-6-7-8-11-15-14-10-9-13(2)12-16-14/h9-10,12H,3-8,11H2,1-2H3,(H,15,16). The molecule has 1 aromatic heterocycles. The van der Waals surface area contributed by atoms with Gasteiger partial charge in [-0.3, -0.25) is 0 Å². The highest BCUT2D eigenvalue weighted by molar-refractivity contribution is 5.34. The first kappa shape index (κ1) is 13.0. The average Bonchev–Trinajstić information content (AvgIpc) is 2.30. The van der Waals surface area contributed by atoms with Gasteiger partial charge in [0.1, 0.15) is 5.82 Å². The zero-order valence-corrected chi connectivity index (χ0v) is 10.6. The SMILES string of the molecule is CCCCCCCCNc1ccc(C)cn1. The van der Waals surface area contributed by atoms with E-state index in [0.29, 0.717) is 0 Å². The van der Waals surface area contributed by atoms with Gasteiger partial charge in [-0.15, -0.1) is 0 Å². The smallest absolute Gasteiger partial charge is 0.125 e. The minimum atomic E-state index is 0.999. The summed E-state index contributed by atoms with van der Waals surface area (Å²) in [6.07, 6.45) is 9.95. The lowest BCUT2D eigenvalue weighted by Crippen LogP contribution is -2.02. The van der Waals surface area contributed by atoms with Crippen LogP contribution in [0.15, 0.2) is 18.3 Å². The topological polar surface area (TPSA) is 24.9 Å². The van der Waals surface area contributed by atoms with Crippen LogP contribution >= 0.6 is 0 Å². The Hall–Kier alpha value is -1.05. The van der Waals surface area contributed by atoms with Crippen molar-refractivity contribution in [3.8, 4) is 0 Å². The molecule has 0 aliphatic carbocycles. The fourth-order valence-electron chi connectivity index (χ4n) is 1.69. The maximum atomic E-state index is 4.31. The molecule has 0 amide bonds. The summed E-state index contributed by atoms with van der Waals surface area (Å²) in [5.41, 5.74) is 1.21. The summed E-state index contributed by atoms with van der Waals surface area (Å²) < 4.78 is 0. The molecular formula is C14H24N2. The van der Waals surface area contributed by atoms with Crippen LogP contribution in [0.2, 0.25) is 0 Å². The molecule has 0 fully saturated rings. The molecule has 0 aliphatic heterocycles. The molecule has 90 valence electrons. The first-order valence-electron chi connectivity index (χ1n) is 6.49. The fraction of sp³-hybridized carbons (Fsp3) is 0.643. The number of aryl methyl sites for hydroxylation is 1. The van der Waals surface area contributed by atoms with E-state index in [0.717, 1.165) is 12.4 Å². The van der Waals surface area contributed by atoms with E-state index in [1.807, 2.05) is 12.3 Å². The lowest BCUT2D eigenvalue weighted by molar-refractivity contribution is 0.617. The third kappa shape index (κ3) is 5.74. The largest absolute Gasteiger partial charge is 0.370 e. The molecule has 0 saturated heterocycles. The van der Waals surface area contributed by atoms with Crippen molar-refractivity contribution in [2.45, 2.75) is 52.4 Å². The van der Waals surface area contributed by atoms with Crippen LogP contribution in [0, 0.1) is 6.92 Å². The number of nitrogens with zero attached hydrogens (tertiary/aromatic N) is 1. The Bertz CT molecular complexity index is 267. The Morgan fingerprint density at radius 2 is 1.81 bits per heavy atom. The zero-order valence-electron chi connectivity index (χ0n) is 10.6. The van der Waals surface area contributed by atoms with Crippen molar-refractivity contribution in [1.82, 2.24) is 4.98 Å². The van der Waals surface area contributed by atoms with Gasteiger partial charge in [0.15, 0.2) is 0 Å². The first-order chi connectivity index (χ1) is 7.83. The van der Waals surface area contributed by atoms with Gasteiger partial charge in [-0.1, -0.05) is 45.1 Å². The summed E-state index contributed by atoms with van der Waals surface area (Å²) in [7, 11) is 0. The lowest BCUT2D eigenvalue weighted by atomic mass is 10.1. The van der Waals surface area contributed by atoms with Crippen molar-refractivity contribution in [2.24, 2.45) is 0 Å². The highest BCUT2D eigenvalue weighted by atomic mass is 15.0. The van der Waals surface area contributed by atoms with Crippen molar-refractivity contribution < 1.29 is 0 Å². The van der Waals surface area contributed by atoms with Gasteiger partial charge in [0.2, 0.25) is 0 Å². The van der Waals surface area contributed by atoms with Crippen LogP contribution < -0.4 is 5.32 Å². The molecular weight excluding hydrogens is 196 g/mol. The van der Waals surface area contributed by atoms with Gasteiger partial charge in [-0.05, 0) is 25.0 Å². The van der Waals surface area contributed by atoms with E-state index in [-0.39, 0.29) is 0 Å². The Balaban J connectivity index is 2.01. The average molecular weight is 220 g/mol. The third-order valence-corrected chi connectivity index (χ3v) is 2.75. The van der Waals surface area contributed by atoms with Crippen molar-refractivity contribution in [3.63, 3.8) is 0 Å². The quantitative estimate of drug-likeness (QED) is 0.665. The molecule has 0 spiro atoms. The molecule has 2 heteroatoms. The number of anilines is 1. The van der Waals surface area contributed by atoms with Gasteiger partial charge in [0.05, 0.1) is 0 Å². The van der Waals surface area contributed by atoms with E-state index in [9.17, 15) is 0 Å². The van der Waals surface area contributed by atoms with Crippen molar-refractivity contribution in [2.75, 3.05) is 11.9 Å². The van der Waals surface area contributed by atoms with Crippen LogP contribution in [0.5, 0.6) is 0 Å². The number of aromatic nitrogens is 1. The zero-order chi connectivity index (χ0) is 11.6. The summed E-state index contributed by atoms with van der Waals surface area (Å²) in [6.45, 7) is 5.36. The second-order valence-electron chi connectivity index (χ2n) is 4.42. The molecule has 0 unspecified atom stereocenters. The highest BCUT2D eigenvalue weighted by Gasteiger charge is 1.93. The maximum absolute atomic E-state index is 4.31. The number of rotatable bonds is 8. The number of unbranched alkanes of at least 4 members (excludes halogenated alkanes) is 5. The molecule has 1 rings (SSSR count). The molecule has 1 heterocycles. The van der Waals surface area contributed by atoms with Gasteiger partial charge in [-0.2, -0.15) is 0 Å². The highest BCUT2D eigenvalue weighted by Crippen LogP contribution is 2.07. The minimum absolute atomic E-state index is 0.999. The Morgan fingerprint density at radius 1 is 1.06 bits per heavy atom. The lowest BCUT2D eigenvalue weighted by Gasteiger charge is -2.05. The predicted molar refractivity (Wildman–Crippen MR) is 70.8 cm³/mol. The van der Waals surface area contributed by atoms with Crippen LogP contribution in [-0.2, 0) is 0 Å². The Kier molecular flexibility index (Phi) is 6.62. The van der Waals surface area contributed by atoms with E-state index in [1.165, 1.54) is 44.1 Å². The Labute approximate surface area is 99.5 Å². The fourth-order valence-corrected chi connectivity index (χ4v) is 1.69. The molecule has 0 radical (unpaired) electrons. The van der Waals surface area contributed by atoms with Crippen LogP contribution in [0.3, 0.4) is 0 Å². The third-order valence-electron chi connectivity index (χ3n) is 2.75. The molecule has 2 nitrogen and oxygen atoms in total.